The third kappa shape index (κ3) is 4.15. The molecule has 0 aromatic heterocycles. The summed E-state index contributed by atoms with van der Waals surface area (Å²) in [5.41, 5.74) is 1.20. The van der Waals surface area contributed by atoms with Crippen LogP contribution in [0.25, 0.3) is 0 Å². The number of fused-ring (bicyclic) bond motifs is 1. The fourth-order valence-electron chi connectivity index (χ4n) is 1.26. The number of rotatable bonds is 2. The van der Waals surface area contributed by atoms with Gasteiger partial charge in [0.25, 0.3) is 0 Å². The van der Waals surface area contributed by atoms with Crippen molar-refractivity contribution >= 4 is 7.85 Å². The van der Waals surface area contributed by atoms with E-state index in [9.17, 15) is 0 Å². The van der Waals surface area contributed by atoms with Gasteiger partial charge in [-0.15, -0.1) is 0 Å². The Morgan fingerprint density at radius 2 is 1.81 bits per heavy atom. The van der Waals surface area contributed by atoms with Gasteiger partial charge in [0.15, 0.2) is 11.5 Å². The Labute approximate surface area is 98.8 Å². The Hall–Kier alpha value is -1.16. The molecule has 86 valence electrons. The maximum atomic E-state index is 5.43. The third-order valence-electron chi connectivity index (χ3n) is 1.87. The van der Waals surface area contributed by atoms with Crippen molar-refractivity contribution in [1.82, 2.24) is 4.90 Å². The summed E-state index contributed by atoms with van der Waals surface area (Å²) in [5, 5.41) is 0. The first-order valence-corrected chi connectivity index (χ1v) is 5.33. The Kier molecular flexibility index (Phi) is 5.19. The predicted octanol–water partition coefficient (Wildman–Crippen LogP) is 1.72. The van der Waals surface area contributed by atoms with Gasteiger partial charge in [-0.3, -0.25) is 0 Å². The zero-order valence-corrected chi connectivity index (χ0v) is 10.2. The molecule has 0 fully saturated rings. The fraction of sp³-hybridized carbons (Fsp3) is 0.500. The van der Waals surface area contributed by atoms with Crippen LogP contribution in [0.1, 0.15) is 5.56 Å². The number of hydrogen-bond donors (Lipinski definition) is 0. The van der Waals surface area contributed by atoms with Crippen LogP contribution in [0.4, 0.5) is 0 Å². The predicted molar refractivity (Wildman–Crippen MR) is 66.4 cm³/mol. The maximum absolute atomic E-state index is 5.43. The molecule has 1 aliphatic heterocycles. The standard InChI is InChI=1S/C9H9BO2.C3H9N/c10-4-3-7-1-2-8-9(5-7)12-6-11-8;1-4(2)3/h1-2,5H,3-4,6H2;1-3H3. The van der Waals surface area contributed by atoms with Gasteiger partial charge in [-0.05, 0) is 45.3 Å². The van der Waals surface area contributed by atoms with Crippen molar-refractivity contribution in [1.29, 1.82) is 0 Å². The van der Waals surface area contributed by atoms with E-state index in [1.807, 2.05) is 44.2 Å². The third-order valence-corrected chi connectivity index (χ3v) is 1.87. The van der Waals surface area contributed by atoms with E-state index in [0.717, 1.165) is 17.9 Å². The number of nitrogens with zero attached hydrogens (tertiary/aromatic N) is 1. The number of ether oxygens (including phenoxy) is 2. The Morgan fingerprint density at radius 3 is 2.44 bits per heavy atom. The Balaban J connectivity index is 0.000000280. The lowest BCUT2D eigenvalue weighted by Crippen LogP contribution is -1.99. The van der Waals surface area contributed by atoms with Gasteiger partial charge in [0, 0.05) is 0 Å². The van der Waals surface area contributed by atoms with Gasteiger partial charge < -0.3 is 14.4 Å². The minimum absolute atomic E-state index is 0.335. The second-order valence-electron chi connectivity index (χ2n) is 4.07. The maximum Gasteiger partial charge on any atom is 0.231 e. The molecule has 2 rings (SSSR count). The number of aryl methyl sites for hydroxylation is 1. The summed E-state index contributed by atoms with van der Waals surface area (Å²) in [7, 11) is 11.4. The van der Waals surface area contributed by atoms with Gasteiger partial charge in [-0.1, -0.05) is 12.4 Å². The molecule has 0 amide bonds. The van der Waals surface area contributed by atoms with Crippen molar-refractivity contribution < 1.29 is 9.47 Å². The molecule has 3 nitrogen and oxygen atoms in total. The molecule has 1 aromatic carbocycles. The minimum Gasteiger partial charge on any atom is -0.454 e. The first kappa shape index (κ1) is 12.9. The zero-order chi connectivity index (χ0) is 12.0. The van der Waals surface area contributed by atoms with E-state index in [1.165, 1.54) is 5.56 Å². The van der Waals surface area contributed by atoms with Gasteiger partial charge in [0.2, 0.25) is 6.79 Å². The van der Waals surface area contributed by atoms with E-state index < -0.39 is 0 Å². The lowest BCUT2D eigenvalue weighted by atomic mass is 9.97. The van der Waals surface area contributed by atoms with Crippen molar-refractivity contribution in [2.24, 2.45) is 0 Å². The Bertz CT molecular complexity index is 326. The zero-order valence-electron chi connectivity index (χ0n) is 10.2. The van der Waals surface area contributed by atoms with Crippen molar-refractivity contribution in [3.63, 3.8) is 0 Å². The molecule has 0 N–H and O–H groups in total. The molecular formula is C12H18BNO2. The molecule has 0 saturated carbocycles. The summed E-state index contributed by atoms with van der Waals surface area (Å²) >= 11 is 0. The van der Waals surface area contributed by atoms with Crippen molar-refractivity contribution in [2.45, 2.75) is 12.7 Å². The highest BCUT2D eigenvalue weighted by Crippen LogP contribution is 2.32. The smallest absolute Gasteiger partial charge is 0.231 e. The number of benzene rings is 1. The highest BCUT2D eigenvalue weighted by Gasteiger charge is 2.12. The van der Waals surface area contributed by atoms with Crippen molar-refractivity contribution in [3.05, 3.63) is 23.8 Å². The van der Waals surface area contributed by atoms with E-state index in [-0.39, 0.29) is 0 Å². The number of hydrogen-bond acceptors (Lipinski definition) is 3. The van der Waals surface area contributed by atoms with E-state index in [0.29, 0.717) is 13.1 Å². The van der Waals surface area contributed by atoms with Gasteiger partial charge in [-0.2, -0.15) is 0 Å². The average Bonchev–Trinajstić information content (AvgIpc) is 2.64. The van der Waals surface area contributed by atoms with Crippen molar-refractivity contribution in [2.75, 3.05) is 27.9 Å². The summed E-state index contributed by atoms with van der Waals surface area (Å²) in [6, 6.07) is 5.92. The average molecular weight is 219 g/mol. The van der Waals surface area contributed by atoms with Gasteiger partial charge in [-0.25, -0.2) is 0 Å². The molecule has 0 saturated heterocycles. The molecule has 1 aliphatic rings. The van der Waals surface area contributed by atoms with E-state index in [1.54, 1.807) is 0 Å². The van der Waals surface area contributed by atoms with Crippen LogP contribution < -0.4 is 9.47 Å². The molecule has 0 unspecified atom stereocenters. The normalized spacial score (nSPS) is 12.2. The minimum atomic E-state index is 0.335. The van der Waals surface area contributed by atoms with Crippen LogP contribution >= 0.6 is 0 Å². The SMILES string of the molecule is CN(C)C.[B]CCc1ccc2c(c1)OCO2. The highest BCUT2D eigenvalue weighted by atomic mass is 16.7. The molecule has 1 heterocycles. The van der Waals surface area contributed by atoms with E-state index in [4.69, 9.17) is 17.3 Å². The van der Waals surface area contributed by atoms with Gasteiger partial charge >= 0.3 is 0 Å². The van der Waals surface area contributed by atoms with E-state index >= 15 is 0 Å². The van der Waals surface area contributed by atoms with Crippen LogP contribution in [0.3, 0.4) is 0 Å². The second kappa shape index (κ2) is 6.43. The van der Waals surface area contributed by atoms with Crippen LogP contribution in [-0.2, 0) is 6.42 Å². The molecule has 0 aliphatic carbocycles. The van der Waals surface area contributed by atoms with Crippen LogP contribution in [0.2, 0.25) is 6.32 Å². The lowest BCUT2D eigenvalue weighted by Gasteiger charge is -1.99. The van der Waals surface area contributed by atoms with Crippen LogP contribution in [0.15, 0.2) is 18.2 Å². The Morgan fingerprint density at radius 1 is 1.19 bits per heavy atom. The quantitative estimate of drug-likeness (QED) is 0.707. The summed E-state index contributed by atoms with van der Waals surface area (Å²) in [6.07, 6.45) is 1.55. The van der Waals surface area contributed by atoms with E-state index in [2.05, 4.69) is 0 Å². The molecule has 0 bridgehead atoms. The molecule has 2 radical (unpaired) electrons. The largest absolute Gasteiger partial charge is 0.454 e. The van der Waals surface area contributed by atoms with Gasteiger partial charge in [0.05, 0.1) is 7.85 Å². The molecule has 4 heteroatoms. The first-order chi connectivity index (χ1) is 7.63. The molecule has 16 heavy (non-hydrogen) atoms. The summed E-state index contributed by atoms with van der Waals surface area (Å²) in [6.45, 7) is 0.335. The monoisotopic (exact) mass is 219 g/mol. The lowest BCUT2D eigenvalue weighted by molar-refractivity contribution is 0.174. The molecule has 0 atom stereocenters. The van der Waals surface area contributed by atoms with Gasteiger partial charge in [0.1, 0.15) is 0 Å². The summed E-state index contributed by atoms with van der Waals surface area (Å²) < 4.78 is 10.4. The van der Waals surface area contributed by atoms with Crippen molar-refractivity contribution in [3.8, 4) is 11.5 Å². The summed E-state index contributed by atoms with van der Waals surface area (Å²) in [4.78, 5) is 2.00. The topological polar surface area (TPSA) is 21.7 Å². The van der Waals surface area contributed by atoms with Crippen LogP contribution in [0.5, 0.6) is 11.5 Å². The van der Waals surface area contributed by atoms with Crippen LogP contribution in [0, 0.1) is 0 Å². The molecular weight excluding hydrogens is 201 g/mol. The molecule has 0 spiro atoms. The summed E-state index contributed by atoms with van der Waals surface area (Å²) in [5.74, 6) is 1.66. The first-order valence-electron chi connectivity index (χ1n) is 5.33. The van der Waals surface area contributed by atoms with Crippen LogP contribution in [-0.4, -0.2) is 40.7 Å². The molecule has 1 aromatic rings. The fourth-order valence-corrected chi connectivity index (χ4v) is 1.26. The highest BCUT2D eigenvalue weighted by molar-refractivity contribution is 6.08. The second-order valence-corrected chi connectivity index (χ2v) is 4.07.